The zero-order valence-corrected chi connectivity index (χ0v) is 17.5. The van der Waals surface area contributed by atoms with Crippen molar-refractivity contribution in [3.05, 3.63) is 70.0 Å². The average molecular weight is 427 g/mol. The minimum atomic E-state index is -0.335. The van der Waals surface area contributed by atoms with E-state index < -0.39 is 0 Å². The number of amides is 1. The van der Waals surface area contributed by atoms with E-state index in [1.165, 1.54) is 17.4 Å². The molecule has 1 aliphatic rings. The highest BCUT2D eigenvalue weighted by molar-refractivity contribution is 7.13. The van der Waals surface area contributed by atoms with Crippen LogP contribution >= 0.6 is 11.3 Å². The van der Waals surface area contributed by atoms with Gasteiger partial charge in [-0.2, -0.15) is 0 Å². The molecule has 7 heteroatoms. The number of hydrogen-bond donors (Lipinski definition) is 2. The van der Waals surface area contributed by atoms with Gasteiger partial charge in [-0.15, -0.1) is 11.3 Å². The molecule has 0 aliphatic heterocycles. The van der Waals surface area contributed by atoms with Crippen LogP contribution in [0, 0.1) is 18.7 Å². The minimum Gasteiger partial charge on any atom is -0.477 e. The normalized spacial score (nSPS) is 13.3. The predicted molar refractivity (Wildman–Crippen MR) is 114 cm³/mol. The molecule has 0 atom stereocenters. The second-order valence-electron chi connectivity index (χ2n) is 7.53. The third kappa shape index (κ3) is 4.68. The van der Waals surface area contributed by atoms with Gasteiger partial charge in [0.05, 0.1) is 13.2 Å². The van der Waals surface area contributed by atoms with E-state index in [1.54, 1.807) is 31.3 Å². The molecule has 1 saturated carbocycles. The number of aromatic nitrogens is 1. The Bertz CT molecular complexity index is 1060. The summed E-state index contributed by atoms with van der Waals surface area (Å²) in [5.74, 6) is 0.183. The fourth-order valence-electron chi connectivity index (χ4n) is 3.07. The maximum Gasteiger partial charge on any atom is 0.257 e. The Morgan fingerprint density at radius 1 is 1.33 bits per heavy atom. The third-order valence-corrected chi connectivity index (χ3v) is 6.12. The molecule has 0 saturated heterocycles. The maximum absolute atomic E-state index is 13.8. The number of aryl methyl sites for hydroxylation is 1. The van der Waals surface area contributed by atoms with Crippen molar-refractivity contribution in [1.82, 2.24) is 10.3 Å². The lowest BCUT2D eigenvalue weighted by Crippen LogP contribution is -2.24. The van der Waals surface area contributed by atoms with Crippen LogP contribution in [0.2, 0.25) is 0 Å². The van der Waals surface area contributed by atoms with Crippen molar-refractivity contribution >= 4 is 17.2 Å². The molecule has 2 heterocycles. The van der Waals surface area contributed by atoms with Gasteiger partial charge in [0, 0.05) is 23.2 Å². The molecular formula is C23H23FN2O3S. The molecule has 3 aromatic rings. The summed E-state index contributed by atoms with van der Waals surface area (Å²) >= 11 is 1.48. The topological polar surface area (TPSA) is 71.5 Å². The summed E-state index contributed by atoms with van der Waals surface area (Å²) in [6, 6.07) is 8.50. The molecule has 2 N–H and O–H groups in total. The Hall–Kier alpha value is -2.77. The number of aliphatic hydroxyl groups is 1. The largest absolute Gasteiger partial charge is 0.477 e. The van der Waals surface area contributed by atoms with Crippen molar-refractivity contribution in [3.8, 4) is 16.3 Å². The molecule has 1 amide bonds. The van der Waals surface area contributed by atoms with Crippen molar-refractivity contribution in [2.45, 2.75) is 32.9 Å². The van der Waals surface area contributed by atoms with Crippen molar-refractivity contribution in [2.75, 3.05) is 6.61 Å². The van der Waals surface area contributed by atoms with E-state index in [-0.39, 0.29) is 24.9 Å². The molecular weight excluding hydrogens is 403 g/mol. The smallest absolute Gasteiger partial charge is 0.257 e. The van der Waals surface area contributed by atoms with Crippen molar-refractivity contribution in [2.24, 2.45) is 5.92 Å². The fraction of sp³-hybridized carbons (Fsp3) is 0.304. The summed E-state index contributed by atoms with van der Waals surface area (Å²) in [7, 11) is 0. The molecule has 1 aromatic carbocycles. The second kappa shape index (κ2) is 8.93. The number of pyridine rings is 1. The molecule has 0 spiro atoms. The molecule has 4 rings (SSSR count). The number of nitrogens with zero attached hydrogens (tertiary/aromatic N) is 1. The van der Waals surface area contributed by atoms with Gasteiger partial charge in [-0.1, -0.05) is 12.1 Å². The molecule has 0 unspecified atom stereocenters. The number of benzene rings is 1. The summed E-state index contributed by atoms with van der Waals surface area (Å²) in [5, 5.41) is 14.3. The van der Waals surface area contributed by atoms with Gasteiger partial charge in [0.15, 0.2) is 0 Å². The first kappa shape index (κ1) is 20.5. The lowest BCUT2D eigenvalue weighted by atomic mass is 10.1. The van der Waals surface area contributed by atoms with Crippen LogP contribution in [0.1, 0.15) is 39.9 Å². The zero-order chi connectivity index (χ0) is 21.1. The van der Waals surface area contributed by atoms with E-state index in [4.69, 9.17) is 4.74 Å². The Morgan fingerprint density at radius 3 is 2.90 bits per heavy atom. The summed E-state index contributed by atoms with van der Waals surface area (Å²) in [5.41, 5.74) is 3.11. The van der Waals surface area contributed by atoms with Crippen molar-refractivity contribution in [1.29, 1.82) is 0 Å². The van der Waals surface area contributed by atoms with Gasteiger partial charge in [-0.25, -0.2) is 9.37 Å². The lowest BCUT2D eigenvalue weighted by Gasteiger charge is -2.13. The SMILES string of the molecule is Cc1ccc(CNC(=O)c2cc(-c3sccc3CO)cnc2OCC2CC2)cc1F. The van der Waals surface area contributed by atoms with E-state index in [0.717, 1.165) is 28.8 Å². The molecule has 30 heavy (non-hydrogen) atoms. The molecule has 1 aliphatic carbocycles. The number of aliphatic hydroxyl groups excluding tert-OH is 1. The quantitative estimate of drug-likeness (QED) is 0.558. The highest BCUT2D eigenvalue weighted by Gasteiger charge is 2.24. The number of carbonyl (C=O) groups excluding carboxylic acids is 1. The number of thiophene rings is 1. The third-order valence-electron chi connectivity index (χ3n) is 5.12. The molecule has 156 valence electrons. The molecule has 1 fully saturated rings. The maximum atomic E-state index is 13.8. The molecule has 0 bridgehead atoms. The van der Waals surface area contributed by atoms with Crippen LogP contribution in [0.15, 0.2) is 41.9 Å². The number of rotatable bonds is 8. The number of hydrogen-bond acceptors (Lipinski definition) is 5. The minimum absolute atomic E-state index is 0.0840. The standard InChI is InChI=1S/C23H23FN2O3S/c1-14-2-3-16(8-20(14)24)10-25-22(28)19-9-18(21-17(12-27)6-7-30-21)11-26-23(19)29-13-15-4-5-15/h2-3,6-9,11,15,27H,4-5,10,12-13H2,1H3,(H,25,28). The number of carbonyl (C=O) groups is 1. The summed E-state index contributed by atoms with van der Waals surface area (Å²) in [6.07, 6.45) is 3.93. The van der Waals surface area contributed by atoms with Crippen LogP contribution in [0.4, 0.5) is 4.39 Å². The van der Waals surface area contributed by atoms with Crippen molar-refractivity contribution < 1.29 is 19.0 Å². The van der Waals surface area contributed by atoms with E-state index in [1.807, 2.05) is 11.4 Å². The summed E-state index contributed by atoms with van der Waals surface area (Å²) in [4.78, 5) is 18.2. The van der Waals surface area contributed by atoms with Gasteiger partial charge in [0.2, 0.25) is 5.88 Å². The highest BCUT2D eigenvalue weighted by atomic mass is 32.1. The van der Waals surface area contributed by atoms with Crippen LogP contribution in [0.5, 0.6) is 5.88 Å². The zero-order valence-electron chi connectivity index (χ0n) is 16.7. The van der Waals surface area contributed by atoms with Gasteiger partial charge in [-0.3, -0.25) is 4.79 Å². The molecule has 2 aromatic heterocycles. The lowest BCUT2D eigenvalue weighted by molar-refractivity contribution is 0.0945. The van der Waals surface area contributed by atoms with Crippen LogP contribution in [0.25, 0.3) is 10.4 Å². The first-order valence-corrected chi connectivity index (χ1v) is 10.8. The van der Waals surface area contributed by atoms with Gasteiger partial charge in [-0.05, 0) is 66.0 Å². The van der Waals surface area contributed by atoms with Crippen LogP contribution in [0.3, 0.4) is 0 Å². The first-order chi connectivity index (χ1) is 14.5. The molecule has 0 radical (unpaired) electrons. The second-order valence-corrected chi connectivity index (χ2v) is 8.45. The number of ether oxygens (including phenoxy) is 1. The number of halogens is 1. The Morgan fingerprint density at radius 2 is 2.17 bits per heavy atom. The molecule has 5 nitrogen and oxygen atoms in total. The monoisotopic (exact) mass is 426 g/mol. The fourth-order valence-corrected chi connectivity index (χ4v) is 3.97. The van der Waals surface area contributed by atoms with Gasteiger partial charge in [0.25, 0.3) is 5.91 Å². The van der Waals surface area contributed by atoms with Gasteiger partial charge >= 0.3 is 0 Å². The van der Waals surface area contributed by atoms with E-state index in [2.05, 4.69) is 10.3 Å². The van der Waals surface area contributed by atoms with Crippen LogP contribution in [-0.2, 0) is 13.2 Å². The van der Waals surface area contributed by atoms with E-state index in [9.17, 15) is 14.3 Å². The Balaban J connectivity index is 1.57. The highest BCUT2D eigenvalue weighted by Crippen LogP contribution is 2.33. The van der Waals surface area contributed by atoms with Crippen LogP contribution < -0.4 is 10.1 Å². The predicted octanol–water partition coefficient (Wildman–Crippen LogP) is 4.47. The van der Waals surface area contributed by atoms with Crippen LogP contribution in [-0.4, -0.2) is 22.6 Å². The average Bonchev–Trinajstić information content (AvgIpc) is 3.47. The van der Waals surface area contributed by atoms with Gasteiger partial charge in [0.1, 0.15) is 11.4 Å². The van der Waals surface area contributed by atoms with Crippen molar-refractivity contribution in [3.63, 3.8) is 0 Å². The summed E-state index contributed by atoms with van der Waals surface area (Å²) in [6.45, 7) is 2.35. The Kier molecular flexibility index (Phi) is 6.11. The van der Waals surface area contributed by atoms with E-state index >= 15 is 0 Å². The number of nitrogens with one attached hydrogen (secondary N) is 1. The summed E-state index contributed by atoms with van der Waals surface area (Å²) < 4.78 is 19.6. The van der Waals surface area contributed by atoms with Gasteiger partial charge < -0.3 is 15.2 Å². The Labute approximate surface area is 178 Å². The first-order valence-electron chi connectivity index (χ1n) is 9.89. The van der Waals surface area contributed by atoms with E-state index in [0.29, 0.717) is 35.1 Å².